The molecule has 2 N–H and O–H groups in total. The molecule has 0 saturated carbocycles. The van der Waals surface area contributed by atoms with E-state index in [1.807, 2.05) is 0 Å². The molecule has 3 heteroatoms. The van der Waals surface area contributed by atoms with Crippen LogP contribution in [0, 0.1) is 0 Å². The van der Waals surface area contributed by atoms with Crippen LogP contribution in [0.1, 0.15) is 27.7 Å². The third kappa shape index (κ3) is 2.44. The maximum atomic E-state index is 9.46. The second kappa shape index (κ2) is 3.32. The zero-order valence-corrected chi connectivity index (χ0v) is 8.46. The van der Waals surface area contributed by atoms with Gasteiger partial charge in [-0.3, -0.25) is 10.2 Å². The third-order valence-electron chi connectivity index (χ3n) is 2.31. The van der Waals surface area contributed by atoms with Gasteiger partial charge in [-0.25, -0.2) is 0 Å². The highest BCUT2D eigenvalue weighted by Gasteiger charge is 2.29. The molecular weight excluding hydrogens is 152 g/mol. The smallest absolute Gasteiger partial charge is 0.118 e. The Morgan fingerprint density at radius 1 is 1.33 bits per heavy atom. The third-order valence-corrected chi connectivity index (χ3v) is 2.31. The molecule has 1 aliphatic rings. The van der Waals surface area contributed by atoms with Crippen LogP contribution in [0.4, 0.5) is 0 Å². The highest BCUT2D eigenvalue weighted by molar-refractivity contribution is 4.85. The summed E-state index contributed by atoms with van der Waals surface area (Å²) in [5, 5.41) is 12.6. The maximum Gasteiger partial charge on any atom is 0.118 e. The molecule has 0 radical (unpaired) electrons. The molecule has 2 atom stereocenters. The average molecular weight is 172 g/mol. The molecule has 1 heterocycles. The fourth-order valence-electron chi connectivity index (χ4n) is 1.60. The lowest BCUT2D eigenvalue weighted by Crippen LogP contribution is -2.60. The van der Waals surface area contributed by atoms with Gasteiger partial charge in [0.05, 0.1) is 0 Å². The van der Waals surface area contributed by atoms with Crippen LogP contribution in [-0.4, -0.2) is 40.9 Å². The van der Waals surface area contributed by atoms with Crippen LogP contribution in [0.5, 0.6) is 0 Å². The number of nitrogens with one attached hydrogen (secondary N) is 1. The highest BCUT2D eigenvalue weighted by Crippen LogP contribution is 2.16. The van der Waals surface area contributed by atoms with Gasteiger partial charge in [0.2, 0.25) is 0 Å². The van der Waals surface area contributed by atoms with E-state index in [2.05, 4.69) is 37.9 Å². The second-order valence-electron chi connectivity index (χ2n) is 4.66. The normalized spacial score (nSPS) is 33.8. The van der Waals surface area contributed by atoms with Crippen molar-refractivity contribution in [2.24, 2.45) is 0 Å². The molecule has 1 rings (SSSR count). The number of hydrogen-bond donors (Lipinski definition) is 2. The van der Waals surface area contributed by atoms with E-state index < -0.39 is 0 Å². The Morgan fingerprint density at radius 2 is 1.92 bits per heavy atom. The van der Waals surface area contributed by atoms with Gasteiger partial charge in [0.1, 0.15) is 6.23 Å². The summed E-state index contributed by atoms with van der Waals surface area (Å²) in [5.41, 5.74) is 0.164. The van der Waals surface area contributed by atoms with Gasteiger partial charge in [-0.15, -0.1) is 0 Å². The Hall–Kier alpha value is -0.120. The van der Waals surface area contributed by atoms with Crippen molar-refractivity contribution < 1.29 is 5.11 Å². The molecule has 72 valence electrons. The molecule has 12 heavy (non-hydrogen) atoms. The molecule has 0 aromatic rings. The maximum absolute atomic E-state index is 9.46. The fraction of sp³-hybridized carbons (Fsp3) is 1.00. The number of hydrogen-bond acceptors (Lipinski definition) is 3. The van der Waals surface area contributed by atoms with E-state index in [1.54, 1.807) is 0 Å². The molecule has 0 amide bonds. The fourth-order valence-corrected chi connectivity index (χ4v) is 1.60. The number of nitrogens with zero attached hydrogens (tertiary/aromatic N) is 1. The van der Waals surface area contributed by atoms with Gasteiger partial charge in [-0.05, 0) is 27.7 Å². The predicted molar refractivity (Wildman–Crippen MR) is 49.9 cm³/mol. The minimum atomic E-state index is -0.368. The van der Waals surface area contributed by atoms with Crippen molar-refractivity contribution in [3.8, 4) is 0 Å². The molecular formula is C9H20N2O. The Balaban J connectivity index is 2.55. The first kappa shape index (κ1) is 9.96. The summed E-state index contributed by atoms with van der Waals surface area (Å²) in [6.07, 6.45) is -0.368. The van der Waals surface area contributed by atoms with E-state index in [-0.39, 0.29) is 11.8 Å². The van der Waals surface area contributed by atoms with E-state index in [9.17, 15) is 5.11 Å². The molecule has 0 aromatic carbocycles. The monoisotopic (exact) mass is 172 g/mol. The molecule has 0 spiro atoms. The molecule has 3 nitrogen and oxygen atoms in total. The molecule has 0 aliphatic carbocycles. The van der Waals surface area contributed by atoms with E-state index in [0.29, 0.717) is 6.04 Å². The summed E-state index contributed by atoms with van der Waals surface area (Å²) < 4.78 is 0. The Labute approximate surface area is 74.8 Å². The topological polar surface area (TPSA) is 35.5 Å². The van der Waals surface area contributed by atoms with Crippen LogP contribution >= 0.6 is 0 Å². The van der Waals surface area contributed by atoms with Gasteiger partial charge in [0.25, 0.3) is 0 Å². The molecule has 2 unspecified atom stereocenters. The Morgan fingerprint density at radius 3 is 2.33 bits per heavy atom. The minimum Gasteiger partial charge on any atom is -0.377 e. The van der Waals surface area contributed by atoms with Crippen molar-refractivity contribution in [2.45, 2.75) is 45.5 Å². The SMILES string of the molecule is CC1CN(C(C)(C)C)CC(O)N1. The molecule has 1 fully saturated rings. The lowest BCUT2D eigenvalue weighted by Gasteiger charge is -2.43. The first-order chi connectivity index (χ1) is 5.39. The van der Waals surface area contributed by atoms with Gasteiger partial charge in [0, 0.05) is 24.7 Å². The van der Waals surface area contributed by atoms with Crippen molar-refractivity contribution in [3.63, 3.8) is 0 Å². The summed E-state index contributed by atoms with van der Waals surface area (Å²) in [6.45, 7) is 10.4. The van der Waals surface area contributed by atoms with Crippen LogP contribution in [0.3, 0.4) is 0 Å². The summed E-state index contributed by atoms with van der Waals surface area (Å²) in [6, 6.07) is 0.382. The van der Waals surface area contributed by atoms with Crippen molar-refractivity contribution in [1.82, 2.24) is 10.2 Å². The molecule has 0 bridgehead atoms. The standard InChI is InChI=1S/C9H20N2O/c1-7-5-11(9(2,3)4)6-8(12)10-7/h7-8,10,12H,5-6H2,1-4H3. The van der Waals surface area contributed by atoms with E-state index in [4.69, 9.17) is 0 Å². The average Bonchev–Trinajstić information content (AvgIpc) is 1.82. The molecule has 1 saturated heterocycles. The van der Waals surface area contributed by atoms with Crippen LogP contribution in [0.15, 0.2) is 0 Å². The van der Waals surface area contributed by atoms with Gasteiger partial charge in [-0.1, -0.05) is 0 Å². The van der Waals surface area contributed by atoms with Crippen LogP contribution < -0.4 is 5.32 Å². The second-order valence-corrected chi connectivity index (χ2v) is 4.66. The lowest BCUT2D eigenvalue weighted by atomic mass is 10.0. The largest absolute Gasteiger partial charge is 0.377 e. The van der Waals surface area contributed by atoms with Gasteiger partial charge < -0.3 is 5.11 Å². The summed E-state index contributed by atoms with van der Waals surface area (Å²) in [5.74, 6) is 0. The van der Waals surface area contributed by atoms with Gasteiger partial charge in [0.15, 0.2) is 0 Å². The minimum absolute atomic E-state index is 0.164. The summed E-state index contributed by atoms with van der Waals surface area (Å²) in [7, 11) is 0. The number of aliphatic hydroxyl groups is 1. The zero-order chi connectivity index (χ0) is 9.35. The van der Waals surface area contributed by atoms with E-state index in [1.165, 1.54) is 0 Å². The number of aliphatic hydroxyl groups excluding tert-OH is 1. The first-order valence-corrected chi connectivity index (χ1v) is 4.59. The first-order valence-electron chi connectivity index (χ1n) is 4.59. The van der Waals surface area contributed by atoms with E-state index >= 15 is 0 Å². The van der Waals surface area contributed by atoms with E-state index in [0.717, 1.165) is 13.1 Å². The van der Waals surface area contributed by atoms with Gasteiger partial charge in [-0.2, -0.15) is 0 Å². The summed E-state index contributed by atoms with van der Waals surface area (Å²) in [4.78, 5) is 2.30. The van der Waals surface area contributed by atoms with Crippen LogP contribution in [0.25, 0.3) is 0 Å². The lowest BCUT2D eigenvalue weighted by molar-refractivity contribution is -0.00595. The highest BCUT2D eigenvalue weighted by atomic mass is 16.3. The van der Waals surface area contributed by atoms with Crippen LogP contribution in [0.2, 0.25) is 0 Å². The van der Waals surface area contributed by atoms with Crippen molar-refractivity contribution >= 4 is 0 Å². The summed E-state index contributed by atoms with van der Waals surface area (Å²) >= 11 is 0. The Bertz CT molecular complexity index is 143. The van der Waals surface area contributed by atoms with Crippen LogP contribution in [-0.2, 0) is 0 Å². The predicted octanol–water partition coefficient (Wildman–Crippen LogP) is 0.397. The van der Waals surface area contributed by atoms with Gasteiger partial charge >= 0.3 is 0 Å². The Kier molecular flexibility index (Phi) is 2.76. The zero-order valence-electron chi connectivity index (χ0n) is 8.46. The van der Waals surface area contributed by atoms with Crippen molar-refractivity contribution in [3.05, 3.63) is 0 Å². The number of β-amino-alcohol motifs (C(OH)–C–C–N with tert-alkyl or cyclic N) is 1. The van der Waals surface area contributed by atoms with Crippen molar-refractivity contribution in [2.75, 3.05) is 13.1 Å². The molecule has 0 aromatic heterocycles. The number of rotatable bonds is 0. The molecule has 1 aliphatic heterocycles. The number of piperazine rings is 1. The van der Waals surface area contributed by atoms with Crippen molar-refractivity contribution in [1.29, 1.82) is 0 Å². The quantitative estimate of drug-likeness (QED) is 0.555.